The highest BCUT2D eigenvalue weighted by molar-refractivity contribution is 7.90. The number of carbonyl (C=O) groups is 1. The van der Waals surface area contributed by atoms with Crippen LogP contribution >= 0.6 is 11.3 Å². The minimum absolute atomic E-state index is 0.00623. The van der Waals surface area contributed by atoms with Crippen LogP contribution in [0, 0.1) is 17.0 Å². The van der Waals surface area contributed by atoms with Gasteiger partial charge in [-0.05, 0) is 31.2 Å². The first-order chi connectivity index (χ1) is 12.7. The first-order valence-electron chi connectivity index (χ1n) is 8.26. The largest absolute Gasteiger partial charge is 0.368 e. The second kappa shape index (κ2) is 7.28. The van der Waals surface area contributed by atoms with Crippen molar-refractivity contribution < 1.29 is 18.1 Å². The summed E-state index contributed by atoms with van der Waals surface area (Å²) in [6, 6.07) is 7.85. The van der Waals surface area contributed by atoms with Gasteiger partial charge in [0.05, 0.1) is 9.80 Å². The number of nitro benzene ring substituents is 1. The molecule has 0 N–H and O–H groups in total. The van der Waals surface area contributed by atoms with E-state index in [0.717, 1.165) is 11.1 Å². The maximum atomic E-state index is 12.5. The number of carbonyl (C=O) groups excluding carboxylic acids is 1. The molecule has 2 aromatic rings. The van der Waals surface area contributed by atoms with E-state index >= 15 is 0 Å². The maximum Gasteiger partial charge on any atom is 0.288 e. The Hall–Kier alpha value is -2.46. The lowest BCUT2D eigenvalue weighted by Gasteiger charge is -2.36. The van der Waals surface area contributed by atoms with Gasteiger partial charge in [-0.3, -0.25) is 14.9 Å². The molecule has 0 saturated carbocycles. The second-order valence-electron chi connectivity index (χ2n) is 6.37. The van der Waals surface area contributed by atoms with Gasteiger partial charge in [-0.1, -0.05) is 0 Å². The van der Waals surface area contributed by atoms with Gasteiger partial charge in [0.15, 0.2) is 9.84 Å². The molecule has 2 heterocycles. The minimum atomic E-state index is -3.73. The number of anilines is 1. The van der Waals surface area contributed by atoms with Gasteiger partial charge in [0.2, 0.25) is 0 Å². The molecule has 0 bridgehead atoms. The zero-order valence-electron chi connectivity index (χ0n) is 14.9. The van der Waals surface area contributed by atoms with Crippen molar-refractivity contribution in [3.63, 3.8) is 0 Å². The Bertz CT molecular complexity index is 992. The lowest BCUT2D eigenvalue weighted by molar-refractivity contribution is -0.387. The van der Waals surface area contributed by atoms with Gasteiger partial charge in [-0.2, -0.15) is 0 Å². The first-order valence-corrected chi connectivity index (χ1v) is 11.0. The molecule has 0 unspecified atom stereocenters. The van der Waals surface area contributed by atoms with E-state index < -0.39 is 20.4 Å². The summed E-state index contributed by atoms with van der Waals surface area (Å²) in [5.41, 5.74) is 0.170. The van der Waals surface area contributed by atoms with Crippen LogP contribution in [0.4, 0.5) is 11.4 Å². The highest BCUT2D eigenvalue weighted by Crippen LogP contribution is 2.29. The van der Waals surface area contributed by atoms with Crippen molar-refractivity contribution in [3.8, 4) is 0 Å². The zero-order valence-corrected chi connectivity index (χ0v) is 16.5. The number of thiophene rings is 1. The quantitative estimate of drug-likeness (QED) is 0.567. The van der Waals surface area contributed by atoms with E-state index in [4.69, 9.17) is 0 Å². The minimum Gasteiger partial charge on any atom is -0.368 e. The Morgan fingerprint density at radius 2 is 1.81 bits per heavy atom. The molecule has 0 radical (unpaired) electrons. The van der Waals surface area contributed by atoms with Gasteiger partial charge >= 0.3 is 0 Å². The molecule has 144 valence electrons. The summed E-state index contributed by atoms with van der Waals surface area (Å²) < 4.78 is 23.8. The SMILES string of the molecule is Cc1ccc(C(=O)N2CCN(c3ccc([N+](=O)[O-])c(S(C)(=O)=O)c3)CC2)s1. The summed E-state index contributed by atoms with van der Waals surface area (Å²) in [7, 11) is -3.73. The standard InChI is InChI=1S/C17H19N3O5S2/c1-12-3-6-15(26-12)17(21)19-9-7-18(8-10-19)13-4-5-14(20(22)23)16(11-13)27(2,24)25/h3-6,11H,7-10H2,1-2H3. The van der Waals surface area contributed by atoms with Crippen LogP contribution in [0.1, 0.15) is 14.5 Å². The molecule has 27 heavy (non-hydrogen) atoms. The van der Waals surface area contributed by atoms with Gasteiger partial charge in [-0.15, -0.1) is 11.3 Å². The maximum absolute atomic E-state index is 12.5. The molecule has 1 aromatic carbocycles. The molecule has 3 rings (SSSR count). The van der Waals surface area contributed by atoms with Crippen LogP contribution in [0.5, 0.6) is 0 Å². The number of piperazine rings is 1. The number of hydrogen-bond acceptors (Lipinski definition) is 7. The summed E-state index contributed by atoms with van der Waals surface area (Å²) >= 11 is 1.46. The molecule has 1 fully saturated rings. The molecule has 10 heteroatoms. The van der Waals surface area contributed by atoms with Gasteiger partial charge in [0.1, 0.15) is 4.90 Å². The average molecular weight is 409 g/mol. The third-order valence-corrected chi connectivity index (χ3v) is 6.54. The van der Waals surface area contributed by atoms with Crippen LogP contribution < -0.4 is 4.90 Å². The molecule has 1 saturated heterocycles. The third kappa shape index (κ3) is 4.11. The number of nitro groups is 1. The predicted octanol–water partition coefficient (Wildman–Crippen LogP) is 2.33. The van der Waals surface area contributed by atoms with Crippen molar-refractivity contribution in [1.82, 2.24) is 4.90 Å². The van der Waals surface area contributed by atoms with E-state index in [9.17, 15) is 23.3 Å². The zero-order chi connectivity index (χ0) is 19.8. The topological polar surface area (TPSA) is 101 Å². The predicted molar refractivity (Wildman–Crippen MR) is 103 cm³/mol. The average Bonchev–Trinajstić information content (AvgIpc) is 3.06. The monoisotopic (exact) mass is 409 g/mol. The van der Waals surface area contributed by atoms with Gasteiger partial charge in [0.25, 0.3) is 11.6 Å². The second-order valence-corrected chi connectivity index (χ2v) is 9.64. The molecular weight excluding hydrogens is 390 g/mol. The first kappa shape index (κ1) is 19.3. The normalized spacial score (nSPS) is 15.0. The lowest BCUT2D eigenvalue weighted by atomic mass is 10.2. The number of amides is 1. The molecule has 8 nitrogen and oxygen atoms in total. The molecule has 0 aliphatic carbocycles. The van der Waals surface area contributed by atoms with Crippen molar-refractivity contribution in [3.05, 3.63) is 50.2 Å². The number of hydrogen-bond donors (Lipinski definition) is 0. The van der Waals surface area contributed by atoms with E-state index in [1.54, 1.807) is 11.0 Å². The number of nitrogens with zero attached hydrogens (tertiary/aromatic N) is 3. The summed E-state index contributed by atoms with van der Waals surface area (Å²) in [6.45, 7) is 4.00. The fourth-order valence-electron chi connectivity index (χ4n) is 3.02. The Kier molecular flexibility index (Phi) is 5.20. The molecule has 1 aliphatic heterocycles. The van der Waals surface area contributed by atoms with Crippen LogP contribution in [0.2, 0.25) is 0 Å². The van der Waals surface area contributed by atoms with Crippen LogP contribution in [-0.2, 0) is 9.84 Å². The van der Waals surface area contributed by atoms with E-state index in [1.165, 1.54) is 23.5 Å². The number of rotatable bonds is 4. The van der Waals surface area contributed by atoms with Crippen molar-refractivity contribution in [2.45, 2.75) is 11.8 Å². The number of benzene rings is 1. The van der Waals surface area contributed by atoms with E-state index in [2.05, 4.69) is 0 Å². The Labute approximate surface area is 161 Å². The van der Waals surface area contributed by atoms with Crippen molar-refractivity contribution in [2.75, 3.05) is 37.3 Å². The summed E-state index contributed by atoms with van der Waals surface area (Å²) in [4.78, 5) is 28.1. The van der Waals surface area contributed by atoms with Crippen LogP contribution in [0.3, 0.4) is 0 Å². The van der Waals surface area contributed by atoms with E-state index in [0.29, 0.717) is 36.7 Å². The van der Waals surface area contributed by atoms with Crippen molar-refractivity contribution >= 4 is 38.5 Å². The van der Waals surface area contributed by atoms with Crippen LogP contribution in [0.15, 0.2) is 35.2 Å². The van der Waals surface area contributed by atoms with Crippen molar-refractivity contribution in [1.29, 1.82) is 0 Å². The van der Waals surface area contributed by atoms with Gasteiger partial charge < -0.3 is 9.80 Å². The molecule has 1 aliphatic rings. The highest BCUT2D eigenvalue weighted by Gasteiger charge is 2.27. The molecule has 1 amide bonds. The fraction of sp³-hybridized carbons (Fsp3) is 0.353. The smallest absolute Gasteiger partial charge is 0.288 e. The molecule has 0 atom stereocenters. The van der Waals surface area contributed by atoms with Crippen LogP contribution in [0.25, 0.3) is 0 Å². The van der Waals surface area contributed by atoms with E-state index in [1.807, 2.05) is 24.0 Å². The number of sulfone groups is 1. The summed E-state index contributed by atoms with van der Waals surface area (Å²) in [5.74, 6) is -0.00623. The summed E-state index contributed by atoms with van der Waals surface area (Å²) in [6.07, 6.45) is 0.957. The van der Waals surface area contributed by atoms with Crippen molar-refractivity contribution in [2.24, 2.45) is 0 Å². The molecule has 1 aromatic heterocycles. The highest BCUT2D eigenvalue weighted by atomic mass is 32.2. The van der Waals surface area contributed by atoms with Gasteiger partial charge in [0, 0.05) is 49.1 Å². The fourth-order valence-corrected chi connectivity index (χ4v) is 4.71. The number of aryl methyl sites for hydroxylation is 1. The third-order valence-electron chi connectivity index (χ3n) is 4.42. The summed E-state index contributed by atoms with van der Waals surface area (Å²) in [5, 5.41) is 11.1. The van der Waals surface area contributed by atoms with E-state index in [-0.39, 0.29) is 10.8 Å². The van der Waals surface area contributed by atoms with Gasteiger partial charge in [-0.25, -0.2) is 8.42 Å². The Morgan fingerprint density at radius 1 is 1.15 bits per heavy atom. The molecular formula is C17H19N3O5S2. The molecule has 0 spiro atoms. The lowest BCUT2D eigenvalue weighted by Crippen LogP contribution is -2.48. The van der Waals surface area contributed by atoms with Crippen LogP contribution in [-0.4, -0.2) is 56.6 Å². The Morgan fingerprint density at radius 3 is 2.33 bits per heavy atom. The Balaban J connectivity index is 1.76.